The number of hydrogen-bond acceptors (Lipinski definition) is 6. The molecule has 3 aliphatic rings. The Morgan fingerprint density at radius 3 is 2.56 bits per heavy atom. The first kappa shape index (κ1) is 25.0. The van der Waals surface area contributed by atoms with Crippen molar-refractivity contribution in [3.63, 3.8) is 0 Å². The number of nitrogens with zero attached hydrogens (tertiary/aromatic N) is 1. The standard InChI is InChI=1S/C26H36N2O5S/c1-6-14(3)17(13-29)28-22(23(30)27-21-15(4)9-8-10-16(21)5)26-12-11-18(34-26)19(20(26)24(28)31)25(32)33-7-2/h8-10,14,17-20,22,29H,6-7,11-13H2,1-5H3,(H,27,30)/t14-,17-,18+,19-,20-,22?,26?/m0/s1. The summed E-state index contributed by atoms with van der Waals surface area (Å²) in [5.41, 5.74) is 2.65. The average Bonchev–Trinajstić information content (AvgIpc) is 3.44. The summed E-state index contributed by atoms with van der Waals surface area (Å²) in [6, 6.07) is 4.59. The largest absolute Gasteiger partial charge is 0.466 e. The van der Waals surface area contributed by atoms with E-state index in [2.05, 4.69) is 5.32 Å². The summed E-state index contributed by atoms with van der Waals surface area (Å²) in [7, 11) is 0. The van der Waals surface area contributed by atoms with Crippen LogP contribution in [-0.4, -0.2) is 63.1 Å². The van der Waals surface area contributed by atoms with Crippen molar-refractivity contribution in [1.82, 2.24) is 4.90 Å². The van der Waals surface area contributed by atoms with Crippen LogP contribution in [0.1, 0.15) is 51.2 Å². The number of carbonyl (C=O) groups is 3. The highest BCUT2D eigenvalue weighted by atomic mass is 32.2. The minimum absolute atomic E-state index is 0.00270. The number of ether oxygens (including phenoxy) is 1. The summed E-state index contributed by atoms with van der Waals surface area (Å²) in [5, 5.41) is 13.4. The monoisotopic (exact) mass is 488 g/mol. The quantitative estimate of drug-likeness (QED) is 0.545. The van der Waals surface area contributed by atoms with Crippen molar-refractivity contribution in [2.24, 2.45) is 17.8 Å². The number of hydrogen-bond donors (Lipinski definition) is 2. The Hall–Kier alpha value is -2.06. The molecule has 1 aromatic carbocycles. The lowest BCUT2D eigenvalue weighted by Crippen LogP contribution is -2.56. The Morgan fingerprint density at radius 2 is 1.97 bits per heavy atom. The smallest absolute Gasteiger partial charge is 0.310 e. The van der Waals surface area contributed by atoms with Crippen molar-refractivity contribution < 1.29 is 24.2 Å². The minimum Gasteiger partial charge on any atom is -0.466 e. The molecule has 0 aliphatic carbocycles. The topological polar surface area (TPSA) is 95.9 Å². The van der Waals surface area contributed by atoms with Gasteiger partial charge in [0.25, 0.3) is 0 Å². The number of fused-ring (bicyclic) bond motifs is 1. The number of thioether (sulfide) groups is 1. The number of rotatable bonds is 8. The number of carbonyl (C=O) groups excluding carboxylic acids is 3. The molecule has 2 bridgehead atoms. The molecule has 7 atom stereocenters. The molecule has 1 aromatic rings. The lowest BCUT2D eigenvalue weighted by molar-refractivity contribution is -0.154. The Kier molecular flexibility index (Phi) is 7.02. The number of amides is 2. The van der Waals surface area contributed by atoms with Crippen LogP contribution >= 0.6 is 11.8 Å². The zero-order chi connectivity index (χ0) is 24.8. The maximum atomic E-state index is 14.0. The van der Waals surface area contributed by atoms with Gasteiger partial charge >= 0.3 is 5.97 Å². The van der Waals surface area contributed by atoms with Crippen molar-refractivity contribution in [3.8, 4) is 0 Å². The third-order valence-corrected chi connectivity index (χ3v) is 10.1. The van der Waals surface area contributed by atoms with Crippen molar-refractivity contribution in [1.29, 1.82) is 0 Å². The highest BCUT2D eigenvalue weighted by Crippen LogP contribution is 2.67. The van der Waals surface area contributed by atoms with Gasteiger partial charge < -0.3 is 20.1 Å². The third-order valence-electron chi connectivity index (χ3n) is 8.12. The van der Waals surface area contributed by atoms with Crippen LogP contribution < -0.4 is 5.32 Å². The van der Waals surface area contributed by atoms with Crippen molar-refractivity contribution in [2.75, 3.05) is 18.5 Å². The Labute approximate surface area is 206 Å². The number of aryl methyl sites for hydroxylation is 2. The zero-order valence-electron chi connectivity index (χ0n) is 20.7. The number of likely N-dealkylation sites (tertiary alicyclic amines) is 1. The van der Waals surface area contributed by atoms with Gasteiger partial charge in [0.05, 0.1) is 35.8 Å². The number of aliphatic hydroxyl groups excluding tert-OH is 1. The van der Waals surface area contributed by atoms with Gasteiger partial charge in [0.1, 0.15) is 6.04 Å². The first-order valence-corrected chi connectivity index (χ1v) is 13.2. The molecule has 3 heterocycles. The van der Waals surface area contributed by atoms with Crippen LogP contribution in [0.2, 0.25) is 0 Å². The number of para-hydroxylation sites is 1. The summed E-state index contributed by atoms with van der Waals surface area (Å²) < 4.78 is 4.68. The molecular weight excluding hydrogens is 452 g/mol. The fourth-order valence-corrected chi connectivity index (χ4v) is 8.47. The lowest BCUT2D eigenvalue weighted by Gasteiger charge is -2.39. The van der Waals surface area contributed by atoms with Gasteiger partial charge in [0, 0.05) is 10.9 Å². The number of aliphatic hydroxyl groups is 1. The summed E-state index contributed by atoms with van der Waals surface area (Å²) in [6.45, 7) is 9.70. The molecule has 186 valence electrons. The van der Waals surface area contributed by atoms with Gasteiger partial charge in [0.2, 0.25) is 11.8 Å². The molecule has 0 radical (unpaired) electrons. The normalized spacial score (nSPS) is 31.4. The van der Waals surface area contributed by atoms with E-state index in [9.17, 15) is 19.5 Å². The highest BCUT2D eigenvalue weighted by Gasteiger charge is 2.74. The van der Waals surface area contributed by atoms with Gasteiger partial charge in [-0.05, 0) is 50.7 Å². The predicted molar refractivity (Wildman–Crippen MR) is 132 cm³/mol. The minimum atomic E-state index is -0.760. The van der Waals surface area contributed by atoms with E-state index >= 15 is 0 Å². The van der Waals surface area contributed by atoms with Gasteiger partial charge in [-0.3, -0.25) is 14.4 Å². The second-order valence-corrected chi connectivity index (χ2v) is 11.5. The van der Waals surface area contributed by atoms with E-state index in [1.165, 1.54) is 0 Å². The molecule has 34 heavy (non-hydrogen) atoms. The summed E-state index contributed by atoms with van der Waals surface area (Å²) in [5.74, 6) is -1.95. The third kappa shape index (κ3) is 3.73. The molecule has 3 saturated heterocycles. The molecule has 1 spiro atoms. The van der Waals surface area contributed by atoms with Crippen LogP contribution in [0.25, 0.3) is 0 Å². The van der Waals surface area contributed by atoms with Crippen molar-refractivity contribution in [3.05, 3.63) is 29.3 Å². The molecule has 3 fully saturated rings. The molecule has 4 rings (SSSR count). The van der Waals surface area contributed by atoms with Crippen molar-refractivity contribution >= 4 is 35.2 Å². The molecule has 7 nitrogen and oxygen atoms in total. The number of benzene rings is 1. The SMILES string of the molecule is CCOC(=O)[C@@H]1[C@H]2C(=O)N([C@@H](CO)[C@@H](C)CC)C(C(=O)Nc3c(C)cccc3C)C23CC[C@H]1S3. The zero-order valence-corrected chi connectivity index (χ0v) is 21.5. The first-order chi connectivity index (χ1) is 16.2. The van der Waals surface area contributed by atoms with Crippen LogP contribution in [0.15, 0.2) is 18.2 Å². The van der Waals surface area contributed by atoms with E-state index in [-0.39, 0.29) is 42.2 Å². The summed E-state index contributed by atoms with van der Waals surface area (Å²) in [6.07, 6.45) is 2.22. The molecule has 2 N–H and O–H groups in total. The second-order valence-electron chi connectivity index (χ2n) is 9.94. The summed E-state index contributed by atoms with van der Waals surface area (Å²) >= 11 is 1.62. The fourth-order valence-electron chi connectivity index (χ4n) is 6.27. The first-order valence-electron chi connectivity index (χ1n) is 12.4. The van der Waals surface area contributed by atoms with E-state index in [1.54, 1.807) is 23.6 Å². The second kappa shape index (κ2) is 9.53. The van der Waals surface area contributed by atoms with E-state index in [1.807, 2.05) is 45.9 Å². The molecule has 3 aliphatic heterocycles. The van der Waals surface area contributed by atoms with Crippen LogP contribution in [0, 0.1) is 31.6 Å². The maximum absolute atomic E-state index is 14.0. The maximum Gasteiger partial charge on any atom is 0.310 e. The number of nitrogens with one attached hydrogen (secondary N) is 1. The number of esters is 1. The lowest BCUT2D eigenvalue weighted by atomic mass is 9.71. The van der Waals surface area contributed by atoms with Gasteiger partial charge in [-0.1, -0.05) is 38.5 Å². The average molecular weight is 489 g/mol. The molecule has 0 aromatic heterocycles. The van der Waals surface area contributed by atoms with Crippen LogP contribution in [0.5, 0.6) is 0 Å². The van der Waals surface area contributed by atoms with E-state index in [4.69, 9.17) is 4.74 Å². The van der Waals surface area contributed by atoms with E-state index in [0.717, 1.165) is 29.7 Å². The van der Waals surface area contributed by atoms with Crippen LogP contribution in [-0.2, 0) is 19.1 Å². The van der Waals surface area contributed by atoms with Crippen molar-refractivity contribution in [2.45, 2.75) is 76.0 Å². The Bertz CT molecular complexity index is 964. The molecule has 2 unspecified atom stereocenters. The molecule has 0 saturated carbocycles. The Balaban J connectivity index is 1.78. The van der Waals surface area contributed by atoms with E-state index in [0.29, 0.717) is 6.42 Å². The molecular formula is C26H36N2O5S. The van der Waals surface area contributed by atoms with E-state index < -0.39 is 28.7 Å². The highest BCUT2D eigenvalue weighted by molar-refractivity contribution is 8.02. The van der Waals surface area contributed by atoms with Gasteiger partial charge in [-0.2, -0.15) is 0 Å². The number of anilines is 1. The Morgan fingerprint density at radius 1 is 1.29 bits per heavy atom. The van der Waals surface area contributed by atoms with Gasteiger partial charge in [-0.25, -0.2) is 0 Å². The molecule has 8 heteroatoms. The molecule has 2 amide bonds. The van der Waals surface area contributed by atoms with Crippen LogP contribution in [0.3, 0.4) is 0 Å². The fraction of sp³-hybridized carbons (Fsp3) is 0.654. The van der Waals surface area contributed by atoms with Gasteiger partial charge in [-0.15, -0.1) is 11.8 Å². The van der Waals surface area contributed by atoms with Crippen LogP contribution in [0.4, 0.5) is 5.69 Å². The predicted octanol–water partition coefficient (Wildman–Crippen LogP) is 3.30. The van der Waals surface area contributed by atoms with Gasteiger partial charge in [0.15, 0.2) is 0 Å². The summed E-state index contributed by atoms with van der Waals surface area (Å²) in [4.78, 5) is 42.6.